The molecule has 0 spiro atoms. The maximum atomic E-state index is 11.6. The Morgan fingerprint density at radius 1 is 1.41 bits per heavy atom. The summed E-state index contributed by atoms with van der Waals surface area (Å²) in [6.45, 7) is 1.67. The molecule has 0 saturated carbocycles. The van der Waals surface area contributed by atoms with E-state index in [1.165, 1.54) is 0 Å². The van der Waals surface area contributed by atoms with Crippen LogP contribution in [0, 0.1) is 0 Å². The van der Waals surface area contributed by atoms with Crippen molar-refractivity contribution in [3.8, 4) is 0 Å². The number of carboxylic acids is 1. The van der Waals surface area contributed by atoms with Crippen LogP contribution in [0.2, 0.25) is 0 Å². The summed E-state index contributed by atoms with van der Waals surface area (Å²) < 4.78 is 0.876. The van der Waals surface area contributed by atoms with E-state index in [1.54, 1.807) is 6.92 Å². The molecule has 92 valence electrons. The summed E-state index contributed by atoms with van der Waals surface area (Å²) in [6, 6.07) is 7.09. The van der Waals surface area contributed by atoms with E-state index in [0.717, 1.165) is 10.0 Å². The number of rotatable bonds is 5. The fourth-order valence-electron chi connectivity index (χ4n) is 1.45. The van der Waals surface area contributed by atoms with Gasteiger partial charge in [0.25, 0.3) is 0 Å². The minimum absolute atomic E-state index is 0.0678. The van der Waals surface area contributed by atoms with E-state index in [-0.39, 0.29) is 24.8 Å². The summed E-state index contributed by atoms with van der Waals surface area (Å²) in [5.74, 6) is -1.09. The molecule has 0 bridgehead atoms. The zero-order valence-corrected chi connectivity index (χ0v) is 11.0. The Morgan fingerprint density at radius 3 is 2.65 bits per heavy atom. The summed E-state index contributed by atoms with van der Waals surface area (Å²) in [5.41, 5.74) is 0.882. The molecule has 0 saturated heterocycles. The summed E-state index contributed by atoms with van der Waals surface area (Å²) in [5, 5.41) is 11.2. The van der Waals surface area contributed by atoms with Crippen LogP contribution >= 0.6 is 15.9 Å². The van der Waals surface area contributed by atoms with Crippen LogP contribution in [0.3, 0.4) is 0 Å². The van der Waals surface area contributed by atoms with Gasteiger partial charge in [-0.1, -0.05) is 34.1 Å². The van der Waals surface area contributed by atoms with E-state index < -0.39 is 5.97 Å². The molecule has 0 aliphatic carbocycles. The van der Waals surface area contributed by atoms with Crippen molar-refractivity contribution in [1.29, 1.82) is 0 Å². The van der Waals surface area contributed by atoms with E-state index in [0.29, 0.717) is 0 Å². The Labute approximate surface area is 108 Å². The van der Waals surface area contributed by atoms with Crippen molar-refractivity contribution in [3.05, 3.63) is 34.3 Å². The topological polar surface area (TPSA) is 66.4 Å². The maximum Gasteiger partial charge on any atom is 0.305 e. The predicted octanol–water partition coefficient (Wildman–Crippen LogP) is 1.97. The molecule has 0 radical (unpaired) electrons. The molecule has 5 heteroatoms. The molecule has 1 atom stereocenters. The molecule has 0 aliphatic rings. The molecule has 0 aliphatic heterocycles. The van der Waals surface area contributed by atoms with Crippen LogP contribution in [0.1, 0.15) is 18.9 Å². The summed E-state index contributed by atoms with van der Waals surface area (Å²) in [7, 11) is 0. The highest BCUT2D eigenvalue weighted by atomic mass is 79.9. The number of halogens is 1. The van der Waals surface area contributed by atoms with Crippen molar-refractivity contribution in [3.63, 3.8) is 0 Å². The van der Waals surface area contributed by atoms with Gasteiger partial charge in [0.2, 0.25) is 5.91 Å². The molecule has 0 heterocycles. The van der Waals surface area contributed by atoms with Crippen molar-refractivity contribution in [2.75, 3.05) is 0 Å². The Hall–Kier alpha value is -1.36. The number of nitrogens with one attached hydrogen (secondary N) is 1. The third kappa shape index (κ3) is 4.99. The van der Waals surface area contributed by atoms with Crippen LogP contribution in [0.4, 0.5) is 0 Å². The molecule has 1 rings (SSSR count). The Balaban J connectivity index is 2.50. The lowest BCUT2D eigenvalue weighted by Crippen LogP contribution is -2.35. The number of aliphatic carboxylic acids is 1. The van der Waals surface area contributed by atoms with Gasteiger partial charge in [0.05, 0.1) is 12.8 Å². The van der Waals surface area contributed by atoms with Gasteiger partial charge in [-0.2, -0.15) is 0 Å². The third-order valence-corrected chi connectivity index (χ3v) is 2.97. The first-order valence-corrected chi connectivity index (χ1v) is 6.03. The minimum Gasteiger partial charge on any atom is -0.481 e. The lowest BCUT2D eigenvalue weighted by atomic mass is 10.1. The fraction of sp³-hybridized carbons (Fsp3) is 0.333. The highest BCUT2D eigenvalue weighted by Gasteiger charge is 2.12. The molecule has 4 nitrogen and oxygen atoms in total. The smallest absolute Gasteiger partial charge is 0.305 e. The highest BCUT2D eigenvalue weighted by Crippen LogP contribution is 2.16. The number of hydrogen-bond donors (Lipinski definition) is 2. The van der Waals surface area contributed by atoms with Gasteiger partial charge in [0.1, 0.15) is 0 Å². The number of carbonyl (C=O) groups is 2. The molecule has 1 aromatic carbocycles. The molecule has 1 aromatic rings. The van der Waals surface area contributed by atoms with Crippen LogP contribution in [-0.2, 0) is 16.0 Å². The zero-order chi connectivity index (χ0) is 12.8. The SMILES string of the molecule is CC(CC(=O)O)NC(=O)Cc1ccccc1Br. The molecule has 0 aromatic heterocycles. The van der Waals surface area contributed by atoms with Crippen LogP contribution in [0.25, 0.3) is 0 Å². The van der Waals surface area contributed by atoms with Crippen molar-refractivity contribution in [1.82, 2.24) is 5.32 Å². The summed E-state index contributed by atoms with van der Waals surface area (Å²) in [4.78, 5) is 22.1. The number of carbonyl (C=O) groups excluding carboxylic acids is 1. The molecule has 1 amide bonds. The van der Waals surface area contributed by atoms with Crippen LogP contribution in [-0.4, -0.2) is 23.0 Å². The largest absolute Gasteiger partial charge is 0.481 e. The molecular formula is C12H14BrNO3. The Bertz CT molecular complexity index is 420. The average Bonchev–Trinajstić information content (AvgIpc) is 2.19. The summed E-state index contributed by atoms with van der Waals surface area (Å²) >= 11 is 3.36. The van der Waals surface area contributed by atoms with Gasteiger partial charge in [0.15, 0.2) is 0 Å². The van der Waals surface area contributed by atoms with Gasteiger partial charge in [0, 0.05) is 10.5 Å². The molecule has 17 heavy (non-hydrogen) atoms. The van der Waals surface area contributed by atoms with Gasteiger partial charge in [-0.15, -0.1) is 0 Å². The number of benzene rings is 1. The minimum atomic E-state index is -0.918. The second kappa shape index (κ2) is 6.39. The predicted molar refractivity (Wildman–Crippen MR) is 67.7 cm³/mol. The first-order chi connectivity index (χ1) is 7.99. The van der Waals surface area contributed by atoms with Gasteiger partial charge < -0.3 is 10.4 Å². The lowest BCUT2D eigenvalue weighted by molar-refractivity contribution is -0.137. The Kier molecular flexibility index (Phi) is 5.15. The second-order valence-electron chi connectivity index (χ2n) is 3.83. The van der Waals surface area contributed by atoms with Crippen LogP contribution in [0.15, 0.2) is 28.7 Å². The van der Waals surface area contributed by atoms with E-state index in [2.05, 4.69) is 21.2 Å². The quantitative estimate of drug-likeness (QED) is 0.873. The van der Waals surface area contributed by atoms with Crippen molar-refractivity contribution in [2.24, 2.45) is 0 Å². The van der Waals surface area contributed by atoms with Crippen molar-refractivity contribution in [2.45, 2.75) is 25.8 Å². The molecular weight excluding hydrogens is 286 g/mol. The monoisotopic (exact) mass is 299 g/mol. The number of carboxylic acid groups (broad SMARTS) is 1. The number of hydrogen-bond acceptors (Lipinski definition) is 2. The fourth-order valence-corrected chi connectivity index (χ4v) is 1.88. The number of amides is 1. The second-order valence-corrected chi connectivity index (χ2v) is 4.69. The van der Waals surface area contributed by atoms with Crippen LogP contribution in [0.5, 0.6) is 0 Å². The first-order valence-electron chi connectivity index (χ1n) is 5.23. The lowest BCUT2D eigenvalue weighted by Gasteiger charge is -2.11. The first kappa shape index (κ1) is 13.7. The van der Waals surface area contributed by atoms with E-state index in [9.17, 15) is 9.59 Å². The van der Waals surface area contributed by atoms with Gasteiger partial charge in [-0.3, -0.25) is 9.59 Å². The van der Waals surface area contributed by atoms with E-state index in [1.807, 2.05) is 24.3 Å². The van der Waals surface area contributed by atoms with E-state index >= 15 is 0 Å². The summed E-state index contributed by atoms with van der Waals surface area (Å²) in [6.07, 6.45) is 0.174. The standard InChI is InChI=1S/C12H14BrNO3/c1-8(6-12(16)17)14-11(15)7-9-4-2-3-5-10(9)13/h2-5,8H,6-7H2,1H3,(H,14,15)(H,16,17). The van der Waals surface area contributed by atoms with Crippen molar-refractivity contribution >= 4 is 27.8 Å². The highest BCUT2D eigenvalue weighted by molar-refractivity contribution is 9.10. The maximum absolute atomic E-state index is 11.6. The van der Waals surface area contributed by atoms with Gasteiger partial charge >= 0.3 is 5.97 Å². The molecule has 2 N–H and O–H groups in total. The Morgan fingerprint density at radius 2 is 2.06 bits per heavy atom. The third-order valence-electron chi connectivity index (χ3n) is 2.20. The van der Waals surface area contributed by atoms with Gasteiger partial charge in [-0.25, -0.2) is 0 Å². The average molecular weight is 300 g/mol. The normalized spacial score (nSPS) is 11.9. The molecule has 0 fully saturated rings. The van der Waals surface area contributed by atoms with E-state index in [4.69, 9.17) is 5.11 Å². The molecule has 1 unspecified atom stereocenters. The van der Waals surface area contributed by atoms with Crippen molar-refractivity contribution < 1.29 is 14.7 Å². The van der Waals surface area contributed by atoms with Crippen LogP contribution < -0.4 is 5.32 Å². The van der Waals surface area contributed by atoms with Gasteiger partial charge in [-0.05, 0) is 18.6 Å². The zero-order valence-electron chi connectivity index (χ0n) is 9.44.